The van der Waals surface area contributed by atoms with Crippen LogP contribution in [0.4, 0.5) is 4.79 Å². The van der Waals surface area contributed by atoms with Gasteiger partial charge in [-0.2, -0.15) is 0 Å². The Hall–Kier alpha value is -4.40. The van der Waals surface area contributed by atoms with E-state index in [1.165, 1.54) is 18.7 Å². The summed E-state index contributed by atoms with van der Waals surface area (Å²) >= 11 is 0. The minimum absolute atomic E-state index is 0.0487. The molecule has 3 N–H and O–H groups in total. The maximum atomic E-state index is 15.2. The second kappa shape index (κ2) is 15.2. The number of hydrogen-bond donors (Lipinski definition) is 3. The average Bonchev–Trinajstić information content (AvgIpc) is 4.01. The van der Waals surface area contributed by atoms with Crippen molar-refractivity contribution in [1.29, 1.82) is 0 Å². The van der Waals surface area contributed by atoms with E-state index in [2.05, 4.69) is 15.0 Å². The van der Waals surface area contributed by atoms with Gasteiger partial charge in [-0.3, -0.25) is 24.0 Å². The Morgan fingerprint density at radius 1 is 1.18 bits per heavy atom. The van der Waals surface area contributed by atoms with Crippen molar-refractivity contribution in [2.45, 2.75) is 140 Å². The van der Waals surface area contributed by atoms with Gasteiger partial charge >= 0.3 is 6.09 Å². The summed E-state index contributed by atoms with van der Waals surface area (Å²) in [7, 11) is -4.07. The largest absolute Gasteiger partial charge is 0.491 e. The first-order chi connectivity index (χ1) is 27.4. The number of nitrogens with one attached hydrogen (secondary N) is 2. The number of allylic oxidation sites excluding steroid dienone is 1. The molecule has 2 aliphatic heterocycles. The molecule has 56 heavy (non-hydrogen) atoms. The van der Waals surface area contributed by atoms with Crippen molar-refractivity contribution in [1.82, 2.24) is 24.8 Å². The van der Waals surface area contributed by atoms with E-state index in [9.17, 15) is 27.9 Å². The number of ether oxygens (including phenoxy) is 2. The van der Waals surface area contributed by atoms with E-state index in [0.29, 0.717) is 48.1 Å². The Balaban J connectivity index is 1.41. The first kappa shape index (κ1) is 37.2. The normalized spacial score (nSPS) is 30.9. The number of benzene rings is 1. The number of carbonyl (C=O) groups excluding carboxylic acids is 3. The predicted octanol–water partition coefficient (Wildman–Crippen LogP) is 5.40. The molecule has 2 aromatic rings. The summed E-state index contributed by atoms with van der Waals surface area (Å²) in [6.07, 6.45) is 5.03. The standard InChI is InChI=1S/C41H57N5O9S/c1-24(2)54-29-13-14-31-27(20-29)15-18-42-35(31)55-30-21-32-34(47)43-41(37(49)44-56(52,53)40(8)16-17-40)22-28(41)12-10-9-11-25(3)19-26(4)33(36(48)45(32)23-30)46(38(50)51)39(5,6)7/h10,12-15,18,20,24-26,28,30,32-33H,9,11,16-17,19,21-23H2,1-8H3,(H,43,47)(H,44,49)(H,50,51)/b12-10-/t25-,26-,28-,30-,32+,33+,41-/m1/s1/i5D3. The monoisotopic (exact) mass is 798 g/mol. The molecule has 0 bridgehead atoms. The Morgan fingerprint density at radius 3 is 2.57 bits per heavy atom. The molecular weight excluding hydrogens is 739 g/mol. The van der Waals surface area contributed by atoms with E-state index >= 15 is 4.79 Å². The molecule has 2 saturated carbocycles. The third kappa shape index (κ3) is 8.33. The average molecular weight is 799 g/mol. The van der Waals surface area contributed by atoms with Crippen molar-refractivity contribution in [2.75, 3.05) is 6.54 Å². The molecule has 14 nitrogen and oxygen atoms in total. The number of nitrogens with zero attached hydrogens (tertiary/aromatic N) is 3. The van der Waals surface area contributed by atoms with Crippen molar-refractivity contribution >= 4 is 44.6 Å². The molecule has 0 spiro atoms. The van der Waals surface area contributed by atoms with Crippen molar-refractivity contribution in [2.24, 2.45) is 17.8 Å². The summed E-state index contributed by atoms with van der Waals surface area (Å²) in [5.41, 5.74) is -3.67. The van der Waals surface area contributed by atoms with Gasteiger partial charge in [0, 0.05) is 33.6 Å². The van der Waals surface area contributed by atoms with Gasteiger partial charge in [-0.25, -0.2) is 18.2 Å². The van der Waals surface area contributed by atoms with Crippen molar-refractivity contribution in [3.63, 3.8) is 0 Å². The van der Waals surface area contributed by atoms with Gasteiger partial charge in [0.1, 0.15) is 29.5 Å². The zero-order chi connectivity index (χ0) is 43.5. The molecule has 7 atom stereocenters. The fourth-order valence-corrected chi connectivity index (χ4v) is 9.49. The number of amides is 4. The van der Waals surface area contributed by atoms with Crippen LogP contribution >= 0.6 is 0 Å². The van der Waals surface area contributed by atoms with Gasteiger partial charge in [0.2, 0.25) is 27.7 Å². The minimum atomic E-state index is -4.07. The molecule has 4 amide bonds. The molecule has 2 aliphatic carbocycles. The lowest BCUT2D eigenvalue weighted by Crippen LogP contribution is -2.62. The van der Waals surface area contributed by atoms with Gasteiger partial charge in [-0.05, 0) is 121 Å². The lowest BCUT2D eigenvalue weighted by atomic mass is 9.85. The van der Waals surface area contributed by atoms with E-state index in [1.807, 2.05) is 39.0 Å². The van der Waals surface area contributed by atoms with E-state index in [1.54, 1.807) is 38.2 Å². The van der Waals surface area contributed by atoms with Gasteiger partial charge < -0.3 is 24.8 Å². The van der Waals surface area contributed by atoms with Crippen LogP contribution in [0.2, 0.25) is 0 Å². The molecule has 1 aromatic heterocycles. The summed E-state index contributed by atoms with van der Waals surface area (Å²) in [6.45, 7) is 8.52. The van der Waals surface area contributed by atoms with Crippen LogP contribution in [0.25, 0.3) is 10.8 Å². The van der Waals surface area contributed by atoms with Crippen molar-refractivity contribution in [3.05, 3.63) is 42.6 Å². The fraction of sp³-hybridized carbons (Fsp3) is 0.634. The van der Waals surface area contributed by atoms with Crippen LogP contribution in [0.5, 0.6) is 11.6 Å². The highest BCUT2D eigenvalue weighted by molar-refractivity contribution is 7.91. The quantitative estimate of drug-likeness (QED) is 0.292. The summed E-state index contributed by atoms with van der Waals surface area (Å²) in [5.74, 6) is -2.86. The van der Waals surface area contributed by atoms with Gasteiger partial charge in [-0.1, -0.05) is 26.0 Å². The van der Waals surface area contributed by atoms with E-state index in [0.717, 1.165) is 5.39 Å². The molecular formula is C41H57N5O9S. The van der Waals surface area contributed by atoms with Crippen LogP contribution in [-0.2, 0) is 24.4 Å². The topological polar surface area (TPSA) is 185 Å². The number of pyridine rings is 1. The second-order valence-corrected chi connectivity index (χ2v) is 19.5. The van der Waals surface area contributed by atoms with Crippen LogP contribution in [-0.4, -0.2) is 98.8 Å². The number of carbonyl (C=O) groups is 4. The Kier molecular flexibility index (Phi) is 10.1. The maximum Gasteiger partial charge on any atom is 0.408 e. The van der Waals surface area contributed by atoms with E-state index in [-0.39, 0.29) is 37.3 Å². The molecule has 1 aromatic carbocycles. The molecule has 4 aliphatic rings. The molecule has 6 rings (SSSR count). The lowest BCUT2D eigenvalue weighted by molar-refractivity contribution is -0.146. The van der Waals surface area contributed by atoms with E-state index in [4.69, 9.17) is 13.6 Å². The molecule has 0 radical (unpaired) electrons. The number of hydrogen-bond acceptors (Lipinski definition) is 9. The Morgan fingerprint density at radius 2 is 1.91 bits per heavy atom. The smallest absolute Gasteiger partial charge is 0.408 e. The molecule has 15 heteroatoms. The van der Waals surface area contributed by atoms with Crippen molar-refractivity contribution < 1.29 is 46.3 Å². The zero-order valence-electron chi connectivity index (χ0n) is 36.2. The van der Waals surface area contributed by atoms with Gasteiger partial charge in [-0.15, -0.1) is 0 Å². The summed E-state index contributed by atoms with van der Waals surface area (Å²) < 4.78 is 64.9. The lowest BCUT2D eigenvalue weighted by Gasteiger charge is -2.43. The number of fused-ring (bicyclic) bond motifs is 3. The summed E-state index contributed by atoms with van der Waals surface area (Å²) in [5, 5.41) is 14.9. The van der Waals surface area contributed by atoms with Gasteiger partial charge in [0.25, 0.3) is 5.91 Å². The van der Waals surface area contributed by atoms with Crippen LogP contribution < -0.4 is 19.5 Å². The van der Waals surface area contributed by atoms with Crippen LogP contribution in [0.3, 0.4) is 0 Å². The van der Waals surface area contributed by atoms with Crippen LogP contribution in [0.1, 0.15) is 104 Å². The molecule has 0 unspecified atom stereocenters. The van der Waals surface area contributed by atoms with Crippen molar-refractivity contribution in [3.8, 4) is 11.6 Å². The highest BCUT2D eigenvalue weighted by atomic mass is 32.2. The number of sulfonamides is 1. The zero-order valence-corrected chi connectivity index (χ0v) is 34.0. The fourth-order valence-electron chi connectivity index (χ4n) is 8.17. The highest BCUT2D eigenvalue weighted by Crippen LogP contribution is 2.48. The third-order valence-electron chi connectivity index (χ3n) is 11.6. The second-order valence-electron chi connectivity index (χ2n) is 17.3. The first-order valence-corrected chi connectivity index (χ1v) is 21.0. The Labute approximate surface area is 334 Å². The maximum absolute atomic E-state index is 15.2. The molecule has 306 valence electrons. The first-order valence-electron chi connectivity index (χ1n) is 21.0. The SMILES string of the molecule is [2H]C([2H])([2H])C(C)(C)N(C(=O)O)[C@@H]1C(=O)N2C[C@H](Oc3nccc4cc(OC(C)C)ccc34)C[C@H]2C(=O)N[C@]2(C(=O)NS(=O)(=O)C3(C)CC3)C[C@H]2/C=C\CC[C@@H](C)C[C@H]1C. The summed E-state index contributed by atoms with van der Waals surface area (Å²) in [4.78, 5) is 63.4. The minimum Gasteiger partial charge on any atom is -0.491 e. The summed E-state index contributed by atoms with van der Waals surface area (Å²) in [6, 6.07) is 4.34. The number of aromatic nitrogens is 1. The molecule has 3 heterocycles. The van der Waals surface area contributed by atoms with E-state index < -0.39 is 86.5 Å². The Bertz CT molecular complexity index is 2130. The number of carboxylic acid groups (broad SMARTS) is 1. The van der Waals surface area contributed by atoms with Gasteiger partial charge in [0.05, 0.1) is 17.4 Å². The third-order valence-corrected chi connectivity index (χ3v) is 13.8. The highest BCUT2D eigenvalue weighted by Gasteiger charge is 2.63. The molecule has 1 saturated heterocycles. The predicted molar refractivity (Wildman–Crippen MR) is 210 cm³/mol. The van der Waals surface area contributed by atoms with Crippen LogP contribution in [0, 0.1) is 17.8 Å². The van der Waals surface area contributed by atoms with Crippen LogP contribution in [0.15, 0.2) is 42.6 Å². The van der Waals surface area contributed by atoms with Gasteiger partial charge in [0.15, 0.2) is 0 Å². The number of rotatable bonds is 8. The molecule has 3 fully saturated rings.